The molecule has 1 saturated carbocycles. The Kier molecular flexibility index (Phi) is 0.866. The van der Waals surface area contributed by atoms with Crippen molar-refractivity contribution < 1.29 is 4.74 Å². The van der Waals surface area contributed by atoms with Crippen LogP contribution in [0.3, 0.4) is 0 Å². The van der Waals surface area contributed by atoms with Gasteiger partial charge in [0.1, 0.15) is 0 Å². The second-order valence-corrected chi connectivity index (χ2v) is 2.76. The summed E-state index contributed by atoms with van der Waals surface area (Å²) in [5.41, 5.74) is 5.68. The number of hydrogen-bond acceptors (Lipinski definition) is 2. The zero-order valence-corrected chi connectivity index (χ0v) is 4.84. The molecule has 0 aromatic heterocycles. The van der Waals surface area contributed by atoms with Crippen LogP contribution < -0.4 is 5.73 Å². The van der Waals surface area contributed by atoms with Crippen LogP contribution in [0.1, 0.15) is 12.8 Å². The van der Waals surface area contributed by atoms with Crippen LogP contribution in [0, 0.1) is 5.92 Å². The third kappa shape index (κ3) is 0.446. The van der Waals surface area contributed by atoms with Gasteiger partial charge in [0.2, 0.25) is 0 Å². The lowest BCUT2D eigenvalue weighted by atomic mass is 9.77. The Morgan fingerprint density at radius 2 is 2.38 bits per heavy atom. The molecule has 2 N–H and O–H groups in total. The number of rotatable bonds is 0. The quantitative estimate of drug-likeness (QED) is 0.484. The van der Waals surface area contributed by atoms with E-state index in [1.807, 2.05) is 0 Å². The summed E-state index contributed by atoms with van der Waals surface area (Å²) in [5, 5.41) is 0. The highest BCUT2D eigenvalue weighted by Gasteiger charge is 2.42. The summed E-state index contributed by atoms with van der Waals surface area (Å²) in [4.78, 5) is 0. The van der Waals surface area contributed by atoms with Crippen molar-refractivity contribution >= 4 is 0 Å². The van der Waals surface area contributed by atoms with E-state index in [4.69, 9.17) is 10.5 Å². The van der Waals surface area contributed by atoms with Gasteiger partial charge in [0.25, 0.3) is 0 Å². The minimum Gasteiger partial charge on any atom is -0.378 e. The molecule has 0 unspecified atom stereocenters. The number of ether oxygens (including phenoxy) is 1. The van der Waals surface area contributed by atoms with E-state index in [0.29, 0.717) is 12.1 Å². The van der Waals surface area contributed by atoms with Gasteiger partial charge in [0, 0.05) is 18.6 Å². The summed E-state index contributed by atoms with van der Waals surface area (Å²) >= 11 is 0. The van der Waals surface area contributed by atoms with E-state index in [9.17, 15) is 0 Å². The van der Waals surface area contributed by atoms with Gasteiger partial charge in [-0.05, 0) is 12.8 Å². The first-order chi connectivity index (χ1) is 3.88. The Hall–Kier alpha value is -0.0800. The van der Waals surface area contributed by atoms with Crippen molar-refractivity contribution in [1.29, 1.82) is 0 Å². The van der Waals surface area contributed by atoms with Crippen LogP contribution in [0.25, 0.3) is 0 Å². The third-order valence-electron chi connectivity index (χ3n) is 2.32. The largest absolute Gasteiger partial charge is 0.378 e. The molecule has 0 amide bonds. The van der Waals surface area contributed by atoms with Crippen molar-refractivity contribution in [3.63, 3.8) is 0 Å². The van der Waals surface area contributed by atoms with Gasteiger partial charge in [-0.1, -0.05) is 0 Å². The Balaban J connectivity index is 2.02. The van der Waals surface area contributed by atoms with Gasteiger partial charge in [-0.2, -0.15) is 0 Å². The highest BCUT2D eigenvalue weighted by molar-refractivity contribution is 4.96. The molecule has 0 radical (unpaired) electrons. The predicted molar refractivity (Wildman–Crippen MR) is 30.4 cm³/mol. The van der Waals surface area contributed by atoms with Gasteiger partial charge in [-0.3, -0.25) is 0 Å². The minimum atomic E-state index is 0.461. The summed E-state index contributed by atoms with van der Waals surface area (Å²) in [5.74, 6) is 0.718. The van der Waals surface area contributed by atoms with E-state index >= 15 is 0 Å². The second-order valence-electron chi connectivity index (χ2n) is 2.76. The summed E-state index contributed by atoms with van der Waals surface area (Å²) in [7, 11) is 0. The van der Waals surface area contributed by atoms with Gasteiger partial charge in [-0.15, -0.1) is 0 Å². The first-order valence-electron chi connectivity index (χ1n) is 3.25. The zero-order chi connectivity index (χ0) is 5.56. The Labute approximate surface area is 49.0 Å². The summed E-state index contributed by atoms with van der Waals surface area (Å²) in [6, 6.07) is 0.461. The molecular weight excluding hydrogens is 102 g/mol. The molecule has 46 valence electrons. The maximum absolute atomic E-state index is 5.68. The molecule has 0 aromatic rings. The first kappa shape index (κ1) is 4.77. The van der Waals surface area contributed by atoms with Crippen LogP contribution in [0.4, 0.5) is 0 Å². The monoisotopic (exact) mass is 113 g/mol. The van der Waals surface area contributed by atoms with Crippen LogP contribution >= 0.6 is 0 Å². The lowest BCUT2D eigenvalue weighted by molar-refractivity contribution is 0.0191. The SMILES string of the molecule is N[C@@H]1C[C@@H]2OCC[C@H]12. The molecule has 1 saturated heterocycles. The third-order valence-corrected chi connectivity index (χ3v) is 2.32. The summed E-state index contributed by atoms with van der Waals surface area (Å²) in [6.45, 7) is 0.947. The number of hydrogen-bond donors (Lipinski definition) is 1. The van der Waals surface area contributed by atoms with Crippen LogP contribution in [0.5, 0.6) is 0 Å². The van der Waals surface area contributed by atoms with E-state index in [1.165, 1.54) is 6.42 Å². The van der Waals surface area contributed by atoms with E-state index in [0.717, 1.165) is 18.9 Å². The molecule has 1 aliphatic carbocycles. The lowest BCUT2D eigenvalue weighted by Gasteiger charge is -2.35. The van der Waals surface area contributed by atoms with E-state index in [1.54, 1.807) is 0 Å². The average Bonchev–Trinajstić information content (AvgIpc) is 2.09. The van der Waals surface area contributed by atoms with Gasteiger partial charge < -0.3 is 10.5 Å². The standard InChI is InChI=1S/C6H11NO/c7-5-3-6-4(5)1-2-8-6/h4-6H,1-3,7H2/t4-,5-,6+/m1/s1. The molecule has 3 atom stereocenters. The molecule has 2 fully saturated rings. The van der Waals surface area contributed by atoms with Crippen molar-refractivity contribution in [1.82, 2.24) is 0 Å². The molecule has 2 heteroatoms. The highest BCUT2D eigenvalue weighted by atomic mass is 16.5. The van der Waals surface area contributed by atoms with Gasteiger partial charge >= 0.3 is 0 Å². The van der Waals surface area contributed by atoms with Crippen molar-refractivity contribution in [2.24, 2.45) is 11.7 Å². The molecule has 2 rings (SSSR count). The molecule has 0 bridgehead atoms. The van der Waals surface area contributed by atoms with Crippen molar-refractivity contribution in [2.75, 3.05) is 6.61 Å². The molecule has 2 aliphatic rings. The van der Waals surface area contributed by atoms with Crippen molar-refractivity contribution in [2.45, 2.75) is 25.0 Å². The smallest absolute Gasteiger partial charge is 0.0633 e. The lowest BCUT2D eigenvalue weighted by Crippen LogP contribution is -2.48. The minimum absolute atomic E-state index is 0.461. The first-order valence-corrected chi connectivity index (χ1v) is 3.25. The molecule has 0 spiro atoms. The van der Waals surface area contributed by atoms with Crippen molar-refractivity contribution in [3.05, 3.63) is 0 Å². The topological polar surface area (TPSA) is 35.2 Å². The summed E-state index contributed by atoms with van der Waals surface area (Å²) < 4.78 is 5.34. The molecule has 1 heterocycles. The maximum Gasteiger partial charge on any atom is 0.0633 e. The molecule has 0 aromatic carbocycles. The predicted octanol–water partition coefficient (Wildman–Crippen LogP) is 0.122. The molecule has 2 nitrogen and oxygen atoms in total. The maximum atomic E-state index is 5.68. The molecule has 1 aliphatic heterocycles. The van der Waals surface area contributed by atoms with E-state index in [-0.39, 0.29) is 0 Å². The zero-order valence-electron chi connectivity index (χ0n) is 4.84. The van der Waals surface area contributed by atoms with Crippen LogP contribution in [-0.4, -0.2) is 18.8 Å². The van der Waals surface area contributed by atoms with E-state index in [2.05, 4.69) is 0 Å². The van der Waals surface area contributed by atoms with Crippen molar-refractivity contribution in [3.8, 4) is 0 Å². The van der Waals surface area contributed by atoms with Crippen LogP contribution in [-0.2, 0) is 4.74 Å². The van der Waals surface area contributed by atoms with Gasteiger partial charge in [0.15, 0.2) is 0 Å². The Morgan fingerprint density at radius 3 is 2.88 bits per heavy atom. The van der Waals surface area contributed by atoms with Gasteiger partial charge in [0.05, 0.1) is 6.10 Å². The fourth-order valence-electron chi connectivity index (χ4n) is 1.64. The highest BCUT2D eigenvalue weighted by Crippen LogP contribution is 2.36. The van der Waals surface area contributed by atoms with Gasteiger partial charge in [-0.25, -0.2) is 0 Å². The number of fused-ring (bicyclic) bond motifs is 1. The summed E-state index contributed by atoms with van der Waals surface area (Å²) in [6.07, 6.45) is 2.85. The van der Waals surface area contributed by atoms with Crippen LogP contribution in [0.15, 0.2) is 0 Å². The van der Waals surface area contributed by atoms with E-state index < -0.39 is 0 Å². The Bertz CT molecular complexity index is 105. The molecular formula is C6H11NO. The fraction of sp³-hybridized carbons (Fsp3) is 1.00. The average molecular weight is 113 g/mol. The Morgan fingerprint density at radius 1 is 1.50 bits per heavy atom. The molecule has 8 heavy (non-hydrogen) atoms. The van der Waals surface area contributed by atoms with Crippen LogP contribution in [0.2, 0.25) is 0 Å². The fourth-order valence-corrected chi connectivity index (χ4v) is 1.64. The normalized spacial score (nSPS) is 52.9. The number of nitrogens with two attached hydrogens (primary N) is 1. The second kappa shape index (κ2) is 1.45.